The van der Waals surface area contributed by atoms with Gasteiger partial charge in [0.25, 0.3) is 11.8 Å². The van der Waals surface area contributed by atoms with Crippen LogP contribution in [0.25, 0.3) is 0 Å². The molecule has 0 unspecified atom stereocenters. The Morgan fingerprint density at radius 1 is 1.24 bits per heavy atom. The number of benzene rings is 1. The van der Waals surface area contributed by atoms with Crippen molar-refractivity contribution in [2.24, 2.45) is 0 Å². The molecule has 196 valence electrons. The van der Waals surface area contributed by atoms with Crippen molar-refractivity contribution in [1.82, 2.24) is 14.9 Å². The fourth-order valence-corrected chi connectivity index (χ4v) is 5.33. The Morgan fingerprint density at radius 3 is 2.54 bits per heavy atom. The number of halogens is 2. The van der Waals surface area contributed by atoms with Crippen LogP contribution in [0.4, 0.5) is 8.78 Å². The van der Waals surface area contributed by atoms with Crippen molar-refractivity contribution in [3.05, 3.63) is 74.7 Å². The lowest BCUT2D eigenvalue weighted by molar-refractivity contribution is 0.0336. The smallest absolute Gasteiger partial charge is 0.278 e. The minimum Gasteiger partial charge on any atom is -0.502 e. The van der Waals surface area contributed by atoms with E-state index >= 15 is 0 Å². The minimum atomic E-state index is -1.05. The molecule has 5 rings (SSSR count). The van der Waals surface area contributed by atoms with Crippen molar-refractivity contribution in [2.45, 2.75) is 57.8 Å². The number of amides is 2. The first kappa shape index (κ1) is 24.9. The highest BCUT2D eigenvalue weighted by atomic mass is 19.1. The van der Waals surface area contributed by atoms with Crippen molar-refractivity contribution >= 4 is 11.8 Å². The minimum absolute atomic E-state index is 0.128. The van der Waals surface area contributed by atoms with E-state index in [1.807, 2.05) is 32.9 Å². The zero-order chi connectivity index (χ0) is 26.9. The van der Waals surface area contributed by atoms with E-state index in [1.165, 1.54) is 22.7 Å². The molecule has 0 saturated carbocycles. The number of nitrogens with one attached hydrogen (secondary N) is 1. The molecule has 9 nitrogen and oxygen atoms in total. The van der Waals surface area contributed by atoms with E-state index in [9.17, 15) is 28.3 Å². The second-order valence-corrected chi connectivity index (χ2v) is 10.5. The lowest BCUT2D eigenvalue weighted by Crippen LogP contribution is -2.63. The fraction of sp³-hybridized carbons (Fsp3) is 0.423. The molecule has 1 fully saturated rings. The molecular formula is C26H28F2N4O5. The molecule has 1 aromatic heterocycles. The third kappa shape index (κ3) is 3.97. The number of aromatic nitrogens is 1. The summed E-state index contributed by atoms with van der Waals surface area (Å²) >= 11 is 0. The Bertz CT molecular complexity index is 1400. The van der Waals surface area contributed by atoms with Gasteiger partial charge in [-0.05, 0) is 45.4 Å². The summed E-state index contributed by atoms with van der Waals surface area (Å²) in [7, 11) is 0. The fourth-order valence-electron chi connectivity index (χ4n) is 5.33. The van der Waals surface area contributed by atoms with Crippen LogP contribution in [0.3, 0.4) is 0 Å². The van der Waals surface area contributed by atoms with Crippen LogP contribution in [0, 0.1) is 18.6 Å². The van der Waals surface area contributed by atoms with Gasteiger partial charge in [-0.2, -0.15) is 0 Å². The average Bonchev–Trinajstić information content (AvgIpc) is 3.07. The topological polar surface area (TPSA) is 104 Å². The van der Waals surface area contributed by atoms with E-state index in [0.29, 0.717) is 12.0 Å². The quantitative estimate of drug-likeness (QED) is 0.610. The number of carbonyl (C=O) groups is 2. The summed E-state index contributed by atoms with van der Waals surface area (Å²) in [4.78, 5) is 40.9. The molecule has 1 spiro atoms. The van der Waals surface area contributed by atoms with Gasteiger partial charge in [0, 0.05) is 30.8 Å². The monoisotopic (exact) mass is 514 g/mol. The molecule has 1 aromatic carbocycles. The molecule has 3 aliphatic rings. The highest BCUT2D eigenvalue weighted by Crippen LogP contribution is 2.41. The molecule has 1 saturated heterocycles. The molecule has 3 aliphatic heterocycles. The number of aromatic hydroxyl groups is 1. The van der Waals surface area contributed by atoms with Gasteiger partial charge in [-0.15, -0.1) is 0 Å². The van der Waals surface area contributed by atoms with Crippen molar-refractivity contribution in [3.63, 3.8) is 0 Å². The maximum atomic E-state index is 14.3. The summed E-state index contributed by atoms with van der Waals surface area (Å²) in [5, 5.41) is 15.0. The van der Waals surface area contributed by atoms with E-state index in [-0.39, 0.29) is 30.6 Å². The van der Waals surface area contributed by atoms with Crippen LogP contribution in [0.1, 0.15) is 59.2 Å². The Kier molecular flexibility index (Phi) is 5.67. The van der Waals surface area contributed by atoms with Gasteiger partial charge in [0.05, 0.1) is 12.2 Å². The maximum Gasteiger partial charge on any atom is 0.278 e. The summed E-state index contributed by atoms with van der Waals surface area (Å²) < 4.78 is 35.9. The van der Waals surface area contributed by atoms with Gasteiger partial charge in [-0.1, -0.05) is 12.2 Å². The first-order valence-corrected chi connectivity index (χ1v) is 12.0. The summed E-state index contributed by atoms with van der Waals surface area (Å²) in [6.07, 6.45) is 5.60. The number of carbonyl (C=O) groups excluding carboxylic acids is 2. The van der Waals surface area contributed by atoms with E-state index in [0.717, 1.165) is 12.1 Å². The summed E-state index contributed by atoms with van der Waals surface area (Å²) in [5.41, 5.74) is -2.95. The Morgan fingerprint density at radius 2 is 1.92 bits per heavy atom. The lowest BCUT2D eigenvalue weighted by atomic mass is 9.89. The van der Waals surface area contributed by atoms with E-state index in [1.54, 1.807) is 5.01 Å². The maximum absolute atomic E-state index is 14.3. The predicted molar refractivity (Wildman–Crippen MR) is 130 cm³/mol. The van der Waals surface area contributed by atoms with Gasteiger partial charge in [0.2, 0.25) is 5.43 Å². The number of ether oxygens (including phenoxy) is 1. The van der Waals surface area contributed by atoms with Gasteiger partial charge in [0.1, 0.15) is 29.4 Å². The van der Waals surface area contributed by atoms with Crippen molar-refractivity contribution < 1.29 is 28.2 Å². The Labute approximate surface area is 211 Å². The molecule has 2 bridgehead atoms. The number of pyridine rings is 1. The Balaban J connectivity index is 1.57. The molecule has 0 aliphatic carbocycles. The molecule has 2 atom stereocenters. The summed E-state index contributed by atoms with van der Waals surface area (Å²) in [6, 6.07) is 1.96. The number of nitrogens with zero attached hydrogens (tertiary/aromatic N) is 3. The third-order valence-electron chi connectivity index (χ3n) is 7.27. The van der Waals surface area contributed by atoms with Gasteiger partial charge in [-0.25, -0.2) is 8.78 Å². The van der Waals surface area contributed by atoms with Gasteiger partial charge in [0.15, 0.2) is 11.4 Å². The van der Waals surface area contributed by atoms with Crippen molar-refractivity contribution in [2.75, 3.05) is 18.3 Å². The molecule has 37 heavy (non-hydrogen) atoms. The highest BCUT2D eigenvalue weighted by molar-refractivity contribution is 5.99. The van der Waals surface area contributed by atoms with Crippen LogP contribution in [0.2, 0.25) is 0 Å². The van der Waals surface area contributed by atoms with Crippen LogP contribution >= 0.6 is 0 Å². The standard InChI is InChI=1S/C26H28F2N4O5/c1-14-7-18(27)16(19(28)8-14)9-29-23(35)17-10-31-20(22(34)21(17)33)24(36)30-13-32(31)26(6-5-15(30)2)11-25(3,4)37-12-26/h5-8,10,15,34H,9,11-13H2,1-4H3,(H,29,35)/t15-,26+/m0/s1. The number of hydrogen-bond donors (Lipinski definition) is 2. The van der Waals surface area contributed by atoms with Gasteiger partial charge >= 0.3 is 0 Å². The normalized spacial score (nSPS) is 23.8. The van der Waals surface area contributed by atoms with Crippen LogP contribution in [0.5, 0.6) is 5.75 Å². The first-order valence-electron chi connectivity index (χ1n) is 12.0. The highest BCUT2D eigenvalue weighted by Gasteiger charge is 2.52. The van der Waals surface area contributed by atoms with Crippen LogP contribution < -0.4 is 15.8 Å². The second-order valence-electron chi connectivity index (χ2n) is 10.5. The average molecular weight is 515 g/mol. The Hall–Kier alpha value is -3.73. The molecule has 2 amide bonds. The zero-order valence-electron chi connectivity index (χ0n) is 21.0. The van der Waals surface area contributed by atoms with Gasteiger partial charge in [-0.3, -0.25) is 24.1 Å². The number of rotatable bonds is 3. The summed E-state index contributed by atoms with van der Waals surface area (Å²) in [6.45, 7) is 7.17. The number of hydrogen-bond acceptors (Lipinski definition) is 6. The summed E-state index contributed by atoms with van der Waals surface area (Å²) in [5.74, 6) is -4.04. The predicted octanol–water partition coefficient (Wildman–Crippen LogP) is 2.32. The molecule has 2 aromatic rings. The molecular weight excluding hydrogens is 486 g/mol. The number of aryl methyl sites for hydroxylation is 1. The molecule has 4 heterocycles. The first-order chi connectivity index (χ1) is 17.3. The second kappa shape index (κ2) is 8.41. The van der Waals surface area contributed by atoms with Crippen LogP contribution in [0.15, 0.2) is 35.3 Å². The molecule has 0 radical (unpaired) electrons. The van der Waals surface area contributed by atoms with E-state index in [2.05, 4.69) is 5.32 Å². The third-order valence-corrected chi connectivity index (χ3v) is 7.27. The number of fused-ring (bicyclic) bond motifs is 5. The molecule has 2 N–H and O–H groups in total. The van der Waals surface area contributed by atoms with Gasteiger partial charge < -0.3 is 20.1 Å². The van der Waals surface area contributed by atoms with E-state index < -0.39 is 57.9 Å². The van der Waals surface area contributed by atoms with Crippen LogP contribution in [-0.4, -0.2) is 57.0 Å². The van der Waals surface area contributed by atoms with Crippen LogP contribution in [-0.2, 0) is 11.3 Å². The SMILES string of the molecule is Cc1cc(F)c(CNC(=O)c2cn3c(c(O)c2=O)C(=O)N2CN3[C@@]3(C=C[C@@H]2C)COC(C)(C)C3)c(F)c1. The molecule has 11 heteroatoms. The largest absolute Gasteiger partial charge is 0.502 e. The lowest BCUT2D eigenvalue weighted by Gasteiger charge is -2.46. The van der Waals surface area contributed by atoms with Crippen molar-refractivity contribution in [3.8, 4) is 5.75 Å². The zero-order valence-corrected chi connectivity index (χ0v) is 21.0. The van der Waals surface area contributed by atoms with E-state index in [4.69, 9.17) is 4.74 Å². The van der Waals surface area contributed by atoms with Crippen molar-refractivity contribution in [1.29, 1.82) is 0 Å².